The Morgan fingerprint density at radius 2 is 1.86 bits per heavy atom. The van der Waals surface area contributed by atoms with Gasteiger partial charge in [-0.15, -0.1) is 0 Å². The predicted octanol–water partition coefficient (Wildman–Crippen LogP) is 3.00. The second-order valence-electron chi connectivity index (χ2n) is 6.87. The molecule has 3 rings (SSSR count). The molecule has 1 aliphatic heterocycles. The summed E-state index contributed by atoms with van der Waals surface area (Å²) in [5.41, 5.74) is 1.40. The summed E-state index contributed by atoms with van der Waals surface area (Å²) >= 11 is 0. The Bertz CT molecular complexity index is 468. The number of likely N-dealkylation sites (tertiary alicyclic amines) is 1. The van der Waals surface area contributed by atoms with Crippen molar-refractivity contribution >= 4 is 5.91 Å². The third-order valence-electron chi connectivity index (χ3n) is 5.15. The summed E-state index contributed by atoms with van der Waals surface area (Å²) in [6.07, 6.45) is 8.16. The van der Waals surface area contributed by atoms with E-state index >= 15 is 0 Å². The Kier molecular flexibility index (Phi) is 5.49. The number of benzene rings is 1. The third-order valence-corrected chi connectivity index (χ3v) is 5.15. The second-order valence-corrected chi connectivity index (χ2v) is 6.87. The van der Waals surface area contributed by atoms with Crippen LogP contribution < -0.4 is 5.32 Å². The first-order valence-corrected chi connectivity index (χ1v) is 8.88. The summed E-state index contributed by atoms with van der Waals surface area (Å²) in [6.45, 7) is 3.23. The van der Waals surface area contributed by atoms with E-state index in [1.54, 1.807) is 0 Å². The van der Waals surface area contributed by atoms with Crippen LogP contribution in [0.3, 0.4) is 0 Å². The van der Waals surface area contributed by atoms with Crippen LogP contribution in [0.25, 0.3) is 0 Å². The van der Waals surface area contributed by atoms with Gasteiger partial charge in [-0.2, -0.15) is 0 Å². The van der Waals surface area contributed by atoms with E-state index in [9.17, 15) is 4.79 Å². The number of hydrogen-bond donors (Lipinski definition) is 1. The number of amides is 1. The number of rotatable bonds is 5. The number of nitrogens with one attached hydrogen (secondary N) is 1. The molecule has 1 heterocycles. The van der Waals surface area contributed by atoms with Crippen LogP contribution in [0.5, 0.6) is 0 Å². The summed E-state index contributed by atoms with van der Waals surface area (Å²) in [5, 5.41) is 3.30. The predicted molar refractivity (Wildman–Crippen MR) is 89.7 cm³/mol. The Balaban J connectivity index is 1.39. The molecular formula is C19H28N2O. The van der Waals surface area contributed by atoms with Gasteiger partial charge in [0, 0.05) is 31.6 Å². The van der Waals surface area contributed by atoms with Crippen molar-refractivity contribution in [3.8, 4) is 0 Å². The number of carbonyl (C=O) groups excluding carboxylic acids is 1. The molecule has 1 N–H and O–H groups in total. The zero-order valence-corrected chi connectivity index (χ0v) is 13.5. The molecular weight excluding hydrogens is 272 g/mol. The standard InChI is InChI=1S/C19H28N2O/c22-19(17-9-5-2-6-10-17)20-18-12-14-21(15-18)13-11-16-7-3-1-4-8-16/h1,3-4,7-8,17-18H,2,5-6,9-15H2,(H,20,22)/t18-/m0/s1. The van der Waals surface area contributed by atoms with Crippen molar-refractivity contribution in [1.82, 2.24) is 10.2 Å². The molecule has 1 aliphatic carbocycles. The molecule has 1 saturated heterocycles. The fourth-order valence-electron chi connectivity index (χ4n) is 3.77. The van der Waals surface area contributed by atoms with E-state index in [1.165, 1.54) is 24.8 Å². The minimum Gasteiger partial charge on any atom is -0.352 e. The van der Waals surface area contributed by atoms with Gasteiger partial charge in [0.1, 0.15) is 0 Å². The fourth-order valence-corrected chi connectivity index (χ4v) is 3.77. The fraction of sp³-hybridized carbons (Fsp3) is 0.632. The maximum Gasteiger partial charge on any atom is 0.223 e. The number of hydrogen-bond acceptors (Lipinski definition) is 2. The molecule has 2 aliphatic rings. The first kappa shape index (κ1) is 15.5. The minimum atomic E-state index is 0.284. The average molecular weight is 300 g/mol. The Labute approximate surface area is 134 Å². The largest absolute Gasteiger partial charge is 0.352 e. The van der Waals surface area contributed by atoms with Gasteiger partial charge in [-0.1, -0.05) is 49.6 Å². The first-order chi connectivity index (χ1) is 10.8. The van der Waals surface area contributed by atoms with Crippen LogP contribution in [-0.4, -0.2) is 36.5 Å². The van der Waals surface area contributed by atoms with Gasteiger partial charge in [-0.3, -0.25) is 4.79 Å². The van der Waals surface area contributed by atoms with E-state index in [1.807, 2.05) is 0 Å². The van der Waals surface area contributed by atoms with Gasteiger partial charge in [-0.05, 0) is 31.2 Å². The number of carbonyl (C=O) groups is 1. The Morgan fingerprint density at radius 1 is 1.09 bits per heavy atom. The lowest BCUT2D eigenvalue weighted by Gasteiger charge is -2.23. The molecule has 0 radical (unpaired) electrons. The van der Waals surface area contributed by atoms with Crippen LogP contribution in [0.2, 0.25) is 0 Å². The SMILES string of the molecule is O=C(N[C@H]1CCN(CCc2ccccc2)C1)C1CCCCC1. The van der Waals surface area contributed by atoms with Crippen molar-refractivity contribution in [1.29, 1.82) is 0 Å². The summed E-state index contributed by atoms with van der Waals surface area (Å²) < 4.78 is 0. The van der Waals surface area contributed by atoms with Gasteiger partial charge < -0.3 is 10.2 Å². The van der Waals surface area contributed by atoms with E-state index in [2.05, 4.69) is 40.5 Å². The smallest absolute Gasteiger partial charge is 0.223 e. The topological polar surface area (TPSA) is 32.3 Å². The van der Waals surface area contributed by atoms with Gasteiger partial charge in [-0.25, -0.2) is 0 Å². The van der Waals surface area contributed by atoms with Gasteiger partial charge >= 0.3 is 0 Å². The van der Waals surface area contributed by atoms with Crippen LogP contribution >= 0.6 is 0 Å². The maximum absolute atomic E-state index is 12.3. The molecule has 1 aromatic carbocycles. The molecule has 3 nitrogen and oxygen atoms in total. The lowest BCUT2D eigenvalue weighted by molar-refractivity contribution is -0.126. The normalized spacial score (nSPS) is 23.5. The maximum atomic E-state index is 12.3. The molecule has 1 saturated carbocycles. The van der Waals surface area contributed by atoms with E-state index < -0.39 is 0 Å². The lowest BCUT2D eigenvalue weighted by atomic mass is 9.88. The molecule has 2 fully saturated rings. The van der Waals surface area contributed by atoms with Crippen LogP contribution in [0.15, 0.2) is 30.3 Å². The van der Waals surface area contributed by atoms with E-state index in [0.29, 0.717) is 11.9 Å². The van der Waals surface area contributed by atoms with Crippen molar-refractivity contribution in [3.63, 3.8) is 0 Å². The highest BCUT2D eigenvalue weighted by molar-refractivity contribution is 5.79. The van der Waals surface area contributed by atoms with Gasteiger partial charge in [0.05, 0.1) is 0 Å². The van der Waals surface area contributed by atoms with E-state index in [4.69, 9.17) is 0 Å². The highest BCUT2D eigenvalue weighted by Gasteiger charge is 2.27. The minimum absolute atomic E-state index is 0.284. The van der Waals surface area contributed by atoms with Crippen molar-refractivity contribution in [2.45, 2.75) is 51.0 Å². The third kappa shape index (κ3) is 4.33. The van der Waals surface area contributed by atoms with Crippen LogP contribution in [0, 0.1) is 5.92 Å². The Morgan fingerprint density at radius 3 is 2.64 bits per heavy atom. The number of nitrogens with zero attached hydrogens (tertiary/aromatic N) is 1. The van der Waals surface area contributed by atoms with Gasteiger partial charge in [0.25, 0.3) is 0 Å². The molecule has 0 bridgehead atoms. The first-order valence-electron chi connectivity index (χ1n) is 8.88. The molecule has 1 amide bonds. The van der Waals surface area contributed by atoms with Gasteiger partial charge in [0.15, 0.2) is 0 Å². The average Bonchev–Trinajstić information content (AvgIpc) is 3.02. The molecule has 120 valence electrons. The molecule has 3 heteroatoms. The Hall–Kier alpha value is -1.35. The summed E-state index contributed by atoms with van der Waals surface area (Å²) in [5.74, 6) is 0.599. The summed E-state index contributed by atoms with van der Waals surface area (Å²) in [7, 11) is 0. The van der Waals surface area contributed by atoms with Crippen molar-refractivity contribution in [3.05, 3.63) is 35.9 Å². The van der Waals surface area contributed by atoms with Crippen molar-refractivity contribution < 1.29 is 4.79 Å². The van der Waals surface area contributed by atoms with Crippen LogP contribution in [0.4, 0.5) is 0 Å². The molecule has 0 spiro atoms. The van der Waals surface area contributed by atoms with Crippen LogP contribution in [0.1, 0.15) is 44.1 Å². The van der Waals surface area contributed by atoms with Gasteiger partial charge in [0.2, 0.25) is 5.91 Å². The lowest BCUT2D eigenvalue weighted by Crippen LogP contribution is -2.41. The highest BCUT2D eigenvalue weighted by atomic mass is 16.1. The summed E-state index contributed by atoms with van der Waals surface area (Å²) in [6, 6.07) is 11.0. The molecule has 1 atom stereocenters. The highest BCUT2D eigenvalue weighted by Crippen LogP contribution is 2.24. The van der Waals surface area contributed by atoms with E-state index in [0.717, 1.165) is 45.3 Å². The quantitative estimate of drug-likeness (QED) is 0.906. The molecule has 0 unspecified atom stereocenters. The van der Waals surface area contributed by atoms with Crippen molar-refractivity contribution in [2.24, 2.45) is 5.92 Å². The van der Waals surface area contributed by atoms with Crippen LogP contribution in [-0.2, 0) is 11.2 Å². The van der Waals surface area contributed by atoms with E-state index in [-0.39, 0.29) is 5.92 Å². The molecule has 22 heavy (non-hydrogen) atoms. The zero-order valence-electron chi connectivity index (χ0n) is 13.5. The molecule has 0 aromatic heterocycles. The van der Waals surface area contributed by atoms with Crippen molar-refractivity contribution in [2.75, 3.05) is 19.6 Å². The zero-order chi connectivity index (χ0) is 15.2. The monoisotopic (exact) mass is 300 g/mol. The molecule has 1 aromatic rings. The summed E-state index contributed by atoms with van der Waals surface area (Å²) in [4.78, 5) is 14.8. The second kappa shape index (κ2) is 7.77.